The summed E-state index contributed by atoms with van der Waals surface area (Å²) in [7, 11) is -3.45. The SMILES string of the molecule is CCN1CCNCC1c1ccc(NS(=O)(=O)CCC(CCl)c2ccccc2C)cc1. The Kier molecular flexibility index (Phi) is 8.17. The summed E-state index contributed by atoms with van der Waals surface area (Å²) in [5.41, 5.74) is 4.06. The van der Waals surface area contributed by atoms with Crippen molar-refractivity contribution in [2.75, 3.05) is 42.5 Å². The first-order valence-electron chi connectivity index (χ1n) is 10.6. The molecule has 5 nitrogen and oxygen atoms in total. The second-order valence-corrected chi connectivity index (χ2v) is 10.0. The lowest BCUT2D eigenvalue weighted by atomic mass is 9.94. The van der Waals surface area contributed by atoms with Crippen LogP contribution in [0.25, 0.3) is 0 Å². The van der Waals surface area contributed by atoms with Crippen LogP contribution in [0, 0.1) is 6.92 Å². The summed E-state index contributed by atoms with van der Waals surface area (Å²) >= 11 is 6.15. The molecule has 0 bridgehead atoms. The summed E-state index contributed by atoms with van der Waals surface area (Å²) in [6.07, 6.45) is 0.487. The Bertz CT molecular complexity index is 918. The molecule has 0 spiro atoms. The number of benzene rings is 2. The molecule has 2 unspecified atom stereocenters. The summed E-state index contributed by atoms with van der Waals surface area (Å²) in [4.78, 5) is 2.44. The number of alkyl halides is 1. The fourth-order valence-electron chi connectivity index (χ4n) is 4.12. The molecule has 2 N–H and O–H groups in total. The molecule has 1 fully saturated rings. The molecule has 2 aromatic rings. The Morgan fingerprint density at radius 3 is 2.60 bits per heavy atom. The lowest BCUT2D eigenvalue weighted by molar-refractivity contribution is 0.171. The van der Waals surface area contributed by atoms with Crippen LogP contribution in [0.3, 0.4) is 0 Å². The highest BCUT2D eigenvalue weighted by Crippen LogP contribution is 2.26. The Morgan fingerprint density at radius 1 is 1.20 bits per heavy atom. The summed E-state index contributed by atoms with van der Waals surface area (Å²) in [5, 5.41) is 3.44. The van der Waals surface area contributed by atoms with E-state index < -0.39 is 10.0 Å². The van der Waals surface area contributed by atoms with Gasteiger partial charge in [0.05, 0.1) is 5.75 Å². The zero-order valence-electron chi connectivity index (χ0n) is 17.8. The van der Waals surface area contributed by atoms with Gasteiger partial charge in [0.15, 0.2) is 0 Å². The van der Waals surface area contributed by atoms with Crippen molar-refractivity contribution in [2.45, 2.75) is 32.2 Å². The average Bonchev–Trinajstić information content (AvgIpc) is 2.75. The second-order valence-electron chi connectivity index (χ2n) is 7.89. The van der Waals surface area contributed by atoms with E-state index in [1.165, 1.54) is 5.56 Å². The lowest BCUT2D eigenvalue weighted by Gasteiger charge is -2.35. The Hall–Kier alpha value is -1.60. The summed E-state index contributed by atoms with van der Waals surface area (Å²) in [6, 6.07) is 16.1. The smallest absolute Gasteiger partial charge is 0.232 e. The van der Waals surface area contributed by atoms with Crippen LogP contribution in [-0.4, -0.2) is 51.1 Å². The van der Waals surface area contributed by atoms with Crippen molar-refractivity contribution >= 4 is 27.3 Å². The fourth-order valence-corrected chi connectivity index (χ4v) is 5.63. The van der Waals surface area contributed by atoms with Crippen molar-refractivity contribution in [1.82, 2.24) is 10.2 Å². The fraction of sp³-hybridized carbons (Fsp3) is 0.478. The van der Waals surface area contributed by atoms with Crippen LogP contribution in [0.1, 0.15) is 42.0 Å². The van der Waals surface area contributed by atoms with Crippen LogP contribution < -0.4 is 10.0 Å². The van der Waals surface area contributed by atoms with Gasteiger partial charge < -0.3 is 5.32 Å². The minimum Gasteiger partial charge on any atom is -0.314 e. The van der Waals surface area contributed by atoms with E-state index in [0.717, 1.165) is 37.3 Å². The van der Waals surface area contributed by atoms with Gasteiger partial charge in [-0.05, 0) is 54.6 Å². The van der Waals surface area contributed by atoms with E-state index in [-0.39, 0.29) is 11.7 Å². The Labute approximate surface area is 185 Å². The van der Waals surface area contributed by atoms with Crippen LogP contribution in [-0.2, 0) is 10.0 Å². The molecule has 1 aliphatic heterocycles. The third-order valence-corrected chi connectivity index (χ3v) is 7.57. The Morgan fingerprint density at radius 2 is 1.93 bits per heavy atom. The lowest BCUT2D eigenvalue weighted by Crippen LogP contribution is -2.45. The highest BCUT2D eigenvalue weighted by Gasteiger charge is 2.22. The third kappa shape index (κ3) is 5.97. The number of hydrogen-bond donors (Lipinski definition) is 2. The number of halogens is 1. The van der Waals surface area contributed by atoms with E-state index in [2.05, 4.69) is 21.9 Å². The first-order chi connectivity index (χ1) is 14.4. The number of anilines is 1. The van der Waals surface area contributed by atoms with Crippen LogP contribution in [0.2, 0.25) is 0 Å². The second kappa shape index (κ2) is 10.6. The molecule has 0 saturated carbocycles. The molecule has 0 radical (unpaired) electrons. The number of sulfonamides is 1. The van der Waals surface area contributed by atoms with Crippen molar-refractivity contribution in [3.8, 4) is 0 Å². The van der Waals surface area contributed by atoms with Gasteiger partial charge in [-0.1, -0.05) is 43.3 Å². The van der Waals surface area contributed by atoms with Crippen LogP contribution in [0.5, 0.6) is 0 Å². The van der Waals surface area contributed by atoms with Gasteiger partial charge in [0, 0.05) is 37.2 Å². The quantitative estimate of drug-likeness (QED) is 0.565. The minimum absolute atomic E-state index is 0.0191. The molecule has 2 atom stereocenters. The van der Waals surface area contributed by atoms with Gasteiger partial charge in [0.1, 0.15) is 0 Å². The third-order valence-electron chi connectivity index (χ3n) is 5.88. The van der Waals surface area contributed by atoms with E-state index in [1.807, 2.05) is 55.5 Å². The number of likely N-dealkylation sites (N-methyl/N-ethyl adjacent to an activating group) is 1. The van der Waals surface area contributed by atoms with Gasteiger partial charge in [0.25, 0.3) is 0 Å². The topological polar surface area (TPSA) is 61.4 Å². The summed E-state index contributed by atoms with van der Waals surface area (Å²) < 4.78 is 28.0. The maximum atomic E-state index is 12.6. The van der Waals surface area contributed by atoms with E-state index in [9.17, 15) is 8.42 Å². The van der Waals surface area contributed by atoms with Crippen molar-refractivity contribution in [3.63, 3.8) is 0 Å². The highest BCUT2D eigenvalue weighted by atomic mass is 35.5. The monoisotopic (exact) mass is 449 g/mol. The highest BCUT2D eigenvalue weighted by molar-refractivity contribution is 7.92. The first-order valence-corrected chi connectivity index (χ1v) is 12.8. The molecule has 3 rings (SSSR count). The normalized spacial score (nSPS) is 18.8. The van der Waals surface area contributed by atoms with Crippen LogP contribution >= 0.6 is 11.6 Å². The largest absolute Gasteiger partial charge is 0.314 e. The first kappa shape index (κ1) is 23.1. The molecule has 7 heteroatoms. The number of rotatable bonds is 9. The zero-order chi connectivity index (χ0) is 21.6. The van der Waals surface area contributed by atoms with Crippen molar-refractivity contribution in [2.24, 2.45) is 0 Å². The molecule has 0 aromatic heterocycles. The molecular weight excluding hydrogens is 418 g/mol. The molecule has 0 amide bonds. The van der Waals surface area contributed by atoms with E-state index >= 15 is 0 Å². The van der Waals surface area contributed by atoms with Crippen molar-refractivity contribution < 1.29 is 8.42 Å². The number of piperazine rings is 1. The molecule has 1 heterocycles. The summed E-state index contributed by atoms with van der Waals surface area (Å²) in [5.74, 6) is 0.459. The predicted octanol–water partition coefficient (Wildman–Crippen LogP) is 4.12. The minimum atomic E-state index is -3.45. The van der Waals surface area contributed by atoms with Gasteiger partial charge in [-0.25, -0.2) is 8.42 Å². The molecule has 1 saturated heterocycles. The molecular formula is C23H32ClN3O2S. The maximum absolute atomic E-state index is 12.6. The van der Waals surface area contributed by atoms with E-state index in [1.54, 1.807) is 0 Å². The van der Waals surface area contributed by atoms with Crippen LogP contribution in [0.15, 0.2) is 48.5 Å². The van der Waals surface area contributed by atoms with Gasteiger partial charge in [-0.15, -0.1) is 11.6 Å². The zero-order valence-corrected chi connectivity index (χ0v) is 19.3. The van der Waals surface area contributed by atoms with Crippen molar-refractivity contribution in [1.29, 1.82) is 0 Å². The molecule has 30 heavy (non-hydrogen) atoms. The molecule has 1 aliphatic rings. The van der Waals surface area contributed by atoms with Gasteiger partial charge >= 0.3 is 0 Å². The van der Waals surface area contributed by atoms with E-state index in [0.29, 0.717) is 24.0 Å². The Balaban J connectivity index is 1.61. The number of nitrogens with zero attached hydrogens (tertiary/aromatic N) is 1. The molecule has 0 aliphatic carbocycles. The van der Waals surface area contributed by atoms with Gasteiger partial charge in [-0.3, -0.25) is 9.62 Å². The van der Waals surface area contributed by atoms with Gasteiger partial charge in [0.2, 0.25) is 10.0 Å². The average molecular weight is 450 g/mol. The maximum Gasteiger partial charge on any atom is 0.232 e. The number of aryl methyl sites for hydroxylation is 1. The molecule has 164 valence electrons. The van der Waals surface area contributed by atoms with Gasteiger partial charge in [-0.2, -0.15) is 0 Å². The van der Waals surface area contributed by atoms with Crippen LogP contribution in [0.4, 0.5) is 5.69 Å². The number of nitrogens with one attached hydrogen (secondary N) is 2. The van der Waals surface area contributed by atoms with E-state index in [4.69, 9.17) is 11.6 Å². The predicted molar refractivity (Wildman–Crippen MR) is 126 cm³/mol. The van der Waals surface area contributed by atoms with Crippen molar-refractivity contribution in [3.05, 3.63) is 65.2 Å². The molecule has 2 aromatic carbocycles. The number of hydrogen-bond acceptors (Lipinski definition) is 4. The standard InChI is InChI=1S/C23H32ClN3O2S/c1-3-27-14-13-25-17-23(27)19-8-10-21(11-9-19)26-30(28,29)15-12-20(16-24)22-7-5-4-6-18(22)2/h4-11,20,23,25-26H,3,12-17H2,1-2H3. The summed E-state index contributed by atoms with van der Waals surface area (Å²) in [6.45, 7) is 8.16.